The Morgan fingerprint density at radius 2 is 2.00 bits per heavy atom. The van der Waals surface area contributed by atoms with Crippen LogP contribution in [0.2, 0.25) is 0 Å². The Kier molecular flexibility index (Phi) is 3.83. The molecule has 0 aliphatic carbocycles. The lowest BCUT2D eigenvalue weighted by Crippen LogP contribution is -2.11. The van der Waals surface area contributed by atoms with Crippen molar-refractivity contribution in [1.82, 2.24) is 4.98 Å². The highest BCUT2D eigenvalue weighted by atomic mass is 32.2. The summed E-state index contributed by atoms with van der Waals surface area (Å²) in [6, 6.07) is 7.16. The molecule has 0 aliphatic rings. The molecule has 0 saturated carbocycles. The summed E-state index contributed by atoms with van der Waals surface area (Å²) >= 11 is 1.55. The van der Waals surface area contributed by atoms with Gasteiger partial charge in [0, 0.05) is 11.6 Å². The zero-order valence-corrected chi connectivity index (χ0v) is 11.4. The second kappa shape index (κ2) is 5.36. The molecule has 18 heavy (non-hydrogen) atoms. The molecule has 2 aromatic rings. The van der Waals surface area contributed by atoms with Crippen molar-refractivity contribution in [2.24, 2.45) is 0 Å². The van der Waals surface area contributed by atoms with Crippen molar-refractivity contribution < 1.29 is 8.42 Å². The van der Waals surface area contributed by atoms with E-state index in [0.717, 1.165) is 17.0 Å². The van der Waals surface area contributed by atoms with Crippen LogP contribution in [0.4, 0.5) is 11.4 Å². The normalized spacial score (nSPS) is 11.2. The Morgan fingerprint density at radius 1 is 1.28 bits per heavy atom. The van der Waals surface area contributed by atoms with E-state index in [2.05, 4.69) is 15.0 Å². The van der Waals surface area contributed by atoms with Crippen LogP contribution in [0.1, 0.15) is 5.01 Å². The van der Waals surface area contributed by atoms with E-state index in [9.17, 15) is 8.42 Å². The maximum Gasteiger partial charge on any atom is 0.229 e. The third-order valence-electron chi connectivity index (χ3n) is 2.14. The highest BCUT2D eigenvalue weighted by molar-refractivity contribution is 7.92. The number of benzene rings is 1. The van der Waals surface area contributed by atoms with Crippen LogP contribution in [-0.2, 0) is 16.6 Å². The maximum atomic E-state index is 11.2. The van der Waals surface area contributed by atoms with Gasteiger partial charge in [0.25, 0.3) is 0 Å². The summed E-state index contributed by atoms with van der Waals surface area (Å²) in [4.78, 5) is 4.15. The molecule has 1 heterocycles. The molecule has 0 amide bonds. The zero-order valence-electron chi connectivity index (χ0n) is 9.75. The van der Waals surface area contributed by atoms with Gasteiger partial charge >= 0.3 is 0 Å². The molecule has 1 aromatic carbocycles. The first-order valence-electron chi connectivity index (χ1n) is 5.24. The highest BCUT2D eigenvalue weighted by Crippen LogP contribution is 2.22. The Balaban J connectivity index is 2.12. The Morgan fingerprint density at radius 3 is 2.61 bits per heavy atom. The molecule has 0 radical (unpaired) electrons. The number of aromatic nitrogens is 1. The van der Waals surface area contributed by atoms with Gasteiger partial charge in [0.1, 0.15) is 5.01 Å². The zero-order chi connectivity index (χ0) is 13.0. The number of sulfonamides is 1. The van der Waals surface area contributed by atoms with Gasteiger partial charge in [-0.05, 0) is 12.1 Å². The molecular weight excluding hydrogens is 270 g/mol. The van der Waals surface area contributed by atoms with Crippen LogP contribution in [0, 0.1) is 0 Å². The number of thiazole rings is 1. The summed E-state index contributed by atoms with van der Waals surface area (Å²) in [6.07, 6.45) is 2.87. The van der Waals surface area contributed by atoms with E-state index in [1.54, 1.807) is 29.7 Å². The van der Waals surface area contributed by atoms with E-state index >= 15 is 0 Å². The molecule has 7 heteroatoms. The van der Waals surface area contributed by atoms with Gasteiger partial charge in [-0.1, -0.05) is 12.1 Å². The van der Waals surface area contributed by atoms with Gasteiger partial charge in [-0.15, -0.1) is 11.3 Å². The fraction of sp³-hybridized carbons (Fsp3) is 0.182. The molecule has 0 bridgehead atoms. The standard InChI is InChI=1S/C11H13N3O2S2/c1-18(15,16)14-10-5-3-2-4-9(10)13-8-11-12-6-7-17-11/h2-7,13-14H,8H2,1H3. The molecule has 0 spiro atoms. The van der Waals surface area contributed by atoms with E-state index in [4.69, 9.17) is 0 Å². The number of anilines is 2. The summed E-state index contributed by atoms with van der Waals surface area (Å²) in [5.41, 5.74) is 1.27. The van der Waals surface area contributed by atoms with Crippen LogP contribution in [0.5, 0.6) is 0 Å². The second-order valence-electron chi connectivity index (χ2n) is 3.70. The van der Waals surface area contributed by atoms with Gasteiger partial charge in [-0.3, -0.25) is 4.72 Å². The first-order valence-corrected chi connectivity index (χ1v) is 8.01. The lowest BCUT2D eigenvalue weighted by molar-refractivity contribution is 0.607. The fourth-order valence-electron chi connectivity index (χ4n) is 1.44. The predicted octanol–water partition coefficient (Wildman–Crippen LogP) is 2.13. The van der Waals surface area contributed by atoms with E-state index < -0.39 is 10.0 Å². The molecule has 2 N–H and O–H groups in total. The maximum absolute atomic E-state index is 11.2. The van der Waals surface area contributed by atoms with E-state index in [-0.39, 0.29) is 0 Å². The minimum atomic E-state index is -3.27. The summed E-state index contributed by atoms with van der Waals surface area (Å²) in [5.74, 6) is 0. The van der Waals surface area contributed by atoms with Crippen LogP contribution >= 0.6 is 11.3 Å². The molecule has 0 aliphatic heterocycles. The van der Waals surface area contributed by atoms with E-state index in [0.29, 0.717) is 12.2 Å². The molecule has 2 rings (SSSR count). The molecule has 1 aromatic heterocycles. The van der Waals surface area contributed by atoms with Gasteiger partial charge in [0.05, 0.1) is 24.2 Å². The molecule has 96 valence electrons. The first-order chi connectivity index (χ1) is 8.54. The van der Waals surface area contributed by atoms with E-state index in [1.165, 1.54) is 0 Å². The number of rotatable bonds is 5. The summed E-state index contributed by atoms with van der Waals surface area (Å²) in [6.45, 7) is 0.570. The minimum absolute atomic E-state index is 0.538. The van der Waals surface area contributed by atoms with E-state index in [1.807, 2.05) is 17.5 Å². The predicted molar refractivity (Wildman–Crippen MR) is 74.3 cm³/mol. The van der Waals surface area contributed by atoms with Crippen LogP contribution in [-0.4, -0.2) is 19.7 Å². The van der Waals surface area contributed by atoms with Crippen molar-refractivity contribution in [2.45, 2.75) is 6.54 Å². The third kappa shape index (κ3) is 3.71. The van der Waals surface area contributed by atoms with Crippen LogP contribution in [0.15, 0.2) is 35.8 Å². The summed E-state index contributed by atoms with van der Waals surface area (Å²) in [5, 5.41) is 6.01. The van der Waals surface area contributed by atoms with Gasteiger partial charge < -0.3 is 5.32 Å². The summed E-state index contributed by atoms with van der Waals surface area (Å²) in [7, 11) is -3.27. The quantitative estimate of drug-likeness (QED) is 0.882. The molecule has 0 unspecified atom stereocenters. The number of nitrogens with one attached hydrogen (secondary N) is 2. The van der Waals surface area contributed by atoms with Gasteiger partial charge in [-0.25, -0.2) is 13.4 Å². The Labute approximate surface area is 110 Å². The summed E-state index contributed by atoms with van der Waals surface area (Å²) < 4.78 is 24.9. The Hall–Kier alpha value is -1.60. The van der Waals surface area contributed by atoms with Crippen molar-refractivity contribution in [3.8, 4) is 0 Å². The third-order valence-corrected chi connectivity index (χ3v) is 3.51. The number of hydrogen-bond donors (Lipinski definition) is 2. The average molecular weight is 283 g/mol. The lowest BCUT2D eigenvalue weighted by atomic mass is 10.3. The molecule has 0 saturated heterocycles. The van der Waals surface area contributed by atoms with Crippen LogP contribution in [0.3, 0.4) is 0 Å². The molecule has 0 fully saturated rings. The van der Waals surface area contributed by atoms with Crippen LogP contribution < -0.4 is 10.0 Å². The van der Waals surface area contributed by atoms with Crippen molar-refractivity contribution >= 4 is 32.7 Å². The number of para-hydroxylation sites is 2. The molecule has 5 nitrogen and oxygen atoms in total. The van der Waals surface area contributed by atoms with Gasteiger partial charge in [0.2, 0.25) is 10.0 Å². The average Bonchev–Trinajstić information content (AvgIpc) is 2.79. The second-order valence-corrected chi connectivity index (χ2v) is 6.43. The van der Waals surface area contributed by atoms with Crippen molar-refractivity contribution in [1.29, 1.82) is 0 Å². The number of nitrogens with zero attached hydrogens (tertiary/aromatic N) is 1. The number of hydrogen-bond acceptors (Lipinski definition) is 5. The van der Waals surface area contributed by atoms with Gasteiger partial charge in [0.15, 0.2) is 0 Å². The highest BCUT2D eigenvalue weighted by Gasteiger charge is 2.06. The fourth-order valence-corrected chi connectivity index (χ4v) is 2.57. The van der Waals surface area contributed by atoms with Crippen molar-refractivity contribution in [3.63, 3.8) is 0 Å². The first kappa shape index (κ1) is 12.8. The smallest absolute Gasteiger partial charge is 0.229 e. The van der Waals surface area contributed by atoms with Crippen LogP contribution in [0.25, 0.3) is 0 Å². The van der Waals surface area contributed by atoms with Crippen molar-refractivity contribution in [2.75, 3.05) is 16.3 Å². The lowest BCUT2D eigenvalue weighted by Gasteiger charge is -2.11. The molecule has 0 atom stereocenters. The SMILES string of the molecule is CS(=O)(=O)Nc1ccccc1NCc1nccs1. The monoisotopic (exact) mass is 283 g/mol. The topological polar surface area (TPSA) is 71.1 Å². The van der Waals surface area contributed by atoms with Gasteiger partial charge in [-0.2, -0.15) is 0 Å². The largest absolute Gasteiger partial charge is 0.377 e. The minimum Gasteiger partial charge on any atom is -0.377 e. The Bertz CT molecular complexity index is 609. The van der Waals surface area contributed by atoms with Crippen molar-refractivity contribution in [3.05, 3.63) is 40.8 Å². The molecular formula is C11H13N3O2S2.